The summed E-state index contributed by atoms with van der Waals surface area (Å²) in [6, 6.07) is 8.42. The number of hydrogen-bond acceptors (Lipinski definition) is 3. The third-order valence-electron chi connectivity index (χ3n) is 4.66. The second-order valence-corrected chi connectivity index (χ2v) is 9.24. The lowest BCUT2D eigenvalue weighted by molar-refractivity contribution is 0.600. The number of thiophene rings is 1. The number of anilines is 1. The quantitative estimate of drug-likeness (QED) is 0.482. The van der Waals surface area contributed by atoms with E-state index < -0.39 is 10.0 Å². The van der Waals surface area contributed by atoms with E-state index in [0.717, 1.165) is 11.1 Å². The van der Waals surface area contributed by atoms with Gasteiger partial charge in [-0.25, -0.2) is 12.8 Å². The van der Waals surface area contributed by atoms with Gasteiger partial charge in [0.25, 0.3) is 10.0 Å². The molecule has 3 nitrogen and oxygen atoms in total. The molecule has 0 atom stereocenters. The number of sulfonamides is 1. The van der Waals surface area contributed by atoms with Gasteiger partial charge in [-0.3, -0.25) is 4.72 Å². The number of aryl methyl sites for hydroxylation is 3. The Hall–Kier alpha value is -1.89. The Morgan fingerprint density at radius 2 is 1.75 bits per heavy atom. The van der Waals surface area contributed by atoms with Crippen LogP contribution in [0.2, 0.25) is 5.02 Å². The molecule has 0 aliphatic carbocycles. The van der Waals surface area contributed by atoms with Crippen molar-refractivity contribution in [3.05, 3.63) is 68.6 Å². The van der Waals surface area contributed by atoms with Gasteiger partial charge in [0.15, 0.2) is 0 Å². The standard InChI is InChI=1S/C21H21ClFNO2S2/c1-4-14-6-7-15(5-2)21(20(14)22)28(25,26)24-19-12-27-11-17(19)16-8-9-18(23)13(3)10-16/h6-12,24H,4-5H2,1-3H3. The Morgan fingerprint density at radius 1 is 1.07 bits per heavy atom. The molecule has 3 aromatic rings. The molecule has 0 bridgehead atoms. The van der Waals surface area contributed by atoms with Crippen LogP contribution in [0.15, 0.2) is 46.0 Å². The van der Waals surface area contributed by atoms with Gasteiger partial charge in [0.05, 0.1) is 10.7 Å². The predicted octanol–water partition coefficient (Wildman–Crippen LogP) is 6.44. The van der Waals surface area contributed by atoms with Crippen molar-refractivity contribution in [2.75, 3.05) is 4.72 Å². The monoisotopic (exact) mass is 437 g/mol. The van der Waals surface area contributed by atoms with Crippen LogP contribution in [0.4, 0.5) is 10.1 Å². The van der Waals surface area contributed by atoms with Crippen molar-refractivity contribution in [2.24, 2.45) is 0 Å². The van der Waals surface area contributed by atoms with Crippen LogP contribution < -0.4 is 4.72 Å². The minimum atomic E-state index is -3.89. The molecule has 28 heavy (non-hydrogen) atoms. The van der Waals surface area contributed by atoms with E-state index in [0.29, 0.717) is 35.2 Å². The molecule has 0 saturated carbocycles. The Kier molecular flexibility index (Phi) is 6.12. The number of hydrogen-bond donors (Lipinski definition) is 1. The maximum atomic E-state index is 13.6. The Labute approximate surface area is 174 Å². The largest absolute Gasteiger partial charge is 0.278 e. The van der Waals surface area contributed by atoms with Crippen molar-refractivity contribution in [3.63, 3.8) is 0 Å². The first-order valence-electron chi connectivity index (χ1n) is 8.94. The zero-order valence-electron chi connectivity index (χ0n) is 15.8. The summed E-state index contributed by atoms with van der Waals surface area (Å²) in [7, 11) is -3.89. The highest BCUT2D eigenvalue weighted by Gasteiger charge is 2.25. The lowest BCUT2D eigenvalue weighted by Gasteiger charge is -2.16. The SMILES string of the molecule is CCc1ccc(CC)c(S(=O)(=O)Nc2cscc2-c2ccc(F)c(C)c2)c1Cl. The molecule has 0 fully saturated rings. The second-order valence-electron chi connectivity index (χ2n) is 6.50. The van der Waals surface area contributed by atoms with Gasteiger partial charge in [-0.05, 0) is 54.2 Å². The minimum absolute atomic E-state index is 0.128. The van der Waals surface area contributed by atoms with Crippen LogP contribution in [0.25, 0.3) is 11.1 Å². The first-order valence-corrected chi connectivity index (χ1v) is 11.7. The molecule has 0 unspecified atom stereocenters. The van der Waals surface area contributed by atoms with Crippen molar-refractivity contribution >= 4 is 38.6 Å². The average molecular weight is 438 g/mol. The van der Waals surface area contributed by atoms with Gasteiger partial charge in [0, 0.05) is 16.3 Å². The van der Waals surface area contributed by atoms with Crippen LogP contribution in [0.5, 0.6) is 0 Å². The number of halogens is 2. The molecule has 2 aromatic carbocycles. The fourth-order valence-corrected chi connectivity index (χ4v) is 6.06. The van der Waals surface area contributed by atoms with Crippen molar-refractivity contribution < 1.29 is 12.8 Å². The molecular formula is C21H21ClFNO2S2. The van der Waals surface area contributed by atoms with Crippen LogP contribution in [0.3, 0.4) is 0 Å². The van der Waals surface area contributed by atoms with E-state index in [2.05, 4.69) is 4.72 Å². The molecule has 0 amide bonds. The van der Waals surface area contributed by atoms with Gasteiger partial charge < -0.3 is 0 Å². The Balaban J connectivity index is 2.06. The predicted molar refractivity (Wildman–Crippen MR) is 115 cm³/mol. The lowest BCUT2D eigenvalue weighted by Crippen LogP contribution is -2.16. The highest BCUT2D eigenvalue weighted by molar-refractivity contribution is 7.93. The van der Waals surface area contributed by atoms with E-state index in [-0.39, 0.29) is 15.7 Å². The topological polar surface area (TPSA) is 46.2 Å². The van der Waals surface area contributed by atoms with Crippen molar-refractivity contribution in [2.45, 2.75) is 38.5 Å². The van der Waals surface area contributed by atoms with Gasteiger partial charge in [0.1, 0.15) is 10.7 Å². The molecule has 1 heterocycles. The van der Waals surface area contributed by atoms with Gasteiger partial charge in [0.2, 0.25) is 0 Å². The molecule has 0 spiro atoms. The number of benzene rings is 2. The maximum Gasteiger partial charge on any atom is 0.263 e. The van der Waals surface area contributed by atoms with Crippen molar-refractivity contribution in [3.8, 4) is 11.1 Å². The maximum absolute atomic E-state index is 13.6. The smallest absolute Gasteiger partial charge is 0.263 e. The summed E-state index contributed by atoms with van der Waals surface area (Å²) in [6.07, 6.45) is 1.19. The highest BCUT2D eigenvalue weighted by atomic mass is 35.5. The van der Waals surface area contributed by atoms with Gasteiger partial charge in [-0.1, -0.05) is 43.6 Å². The third kappa shape index (κ3) is 3.95. The van der Waals surface area contributed by atoms with E-state index in [4.69, 9.17) is 11.6 Å². The molecule has 0 aliphatic heterocycles. The van der Waals surface area contributed by atoms with Crippen molar-refractivity contribution in [1.29, 1.82) is 0 Å². The minimum Gasteiger partial charge on any atom is -0.278 e. The van der Waals surface area contributed by atoms with Crippen LogP contribution in [-0.4, -0.2) is 8.42 Å². The molecule has 1 aromatic heterocycles. The summed E-state index contributed by atoms with van der Waals surface area (Å²) in [4.78, 5) is 0.128. The van der Waals surface area contributed by atoms with Crippen LogP contribution in [0.1, 0.15) is 30.5 Å². The molecule has 0 radical (unpaired) electrons. The number of nitrogens with one attached hydrogen (secondary N) is 1. The van der Waals surface area contributed by atoms with Crippen LogP contribution in [-0.2, 0) is 22.9 Å². The fraction of sp³-hybridized carbons (Fsp3) is 0.238. The van der Waals surface area contributed by atoms with E-state index in [1.54, 1.807) is 24.4 Å². The van der Waals surface area contributed by atoms with Gasteiger partial charge in [-0.2, -0.15) is 0 Å². The zero-order valence-corrected chi connectivity index (χ0v) is 18.2. The van der Waals surface area contributed by atoms with Crippen LogP contribution in [0, 0.1) is 12.7 Å². The normalized spacial score (nSPS) is 11.6. The Morgan fingerprint density at radius 3 is 2.39 bits per heavy atom. The third-order valence-corrected chi connectivity index (χ3v) is 7.44. The zero-order chi connectivity index (χ0) is 20.5. The molecule has 3 rings (SSSR count). The van der Waals surface area contributed by atoms with E-state index in [1.165, 1.54) is 17.4 Å². The first-order chi connectivity index (χ1) is 13.3. The molecule has 148 valence electrons. The summed E-state index contributed by atoms with van der Waals surface area (Å²) in [5, 5.41) is 3.84. The fourth-order valence-electron chi connectivity index (χ4n) is 3.09. The second kappa shape index (κ2) is 8.23. The van der Waals surface area contributed by atoms with E-state index in [1.807, 2.05) is 31.4 Å². The summed E-state index contributed by atoms with van der Waals surface area (Å²) in [5.41, 5.74) is 3.88. The summed E-state index contributed by atoms with van der Waals surface area (Å²) in [6.45, 7) is 5.51. The van der Waals surface area contributed by atoms with E-state index >= 15 is 0 Å². The van der Waals surface area contributed by atoms with Gasteiger partial charge in [-0.15, -0.1) is 11.3 Å². The molecule has 0 aliphatic rings. The molecule has 1 N–H and O–H groups in total. The van der Waals surface area contributed by atoms with Crippen molar-refractivity contribution in [1.82, 2.24) is 0 Å². The van der Waals surface area contributed by atoms with Crippen LogP contribution >= 0.6 is 22.9 Å². The summed E-state index contributed by atoms with van der Waals surface area (Å²) >= 11 is 7.83. The molecule has 7 heteroatoms. The Bertz CT molecular complexity index is 1120. The average Bonchev–Trinajstić information content (AvgIpc) is 3.10. The first kappa shape index (κ1) is 20.8. The lowest BCUT2D eigenvalue weighted by atomic mass is 10.1. The molecule has 0 saturated heterocycles. The highest BCUT2D eigenvalue weighted by Crippen LogP contribution is 2.36. The molecular weight excluding hydrogens is 417 g/mol. The van der Waals surface area contributed by atoms with E-state index in [9.17, 15) is 12.8 Å². The summed E-state index contributed by atoms with van der Waals surface area (Å²) < 4.78 is 42.7. The summed E-state index contributed by atoms with van der Waals surface area (Å²) in [5.74, 6) is -0.295. The number of rotatable bonds is 6. The van der Waals surface area contributed by atoms with Gasteiger partial charge >= 0.3 is 0 Å².